The molecule has 0 bridgehead atoms. The van der Waals surface area contributed by atoms with Crippen molar-refractivity contribution in [2.45, 2.75) is 32.9 Å². The predicted octanol–water partition coefficient (Wildman–Crippen LogP) is 3.05. The second kappa shape index (κ2) is 9.40. The van der Waals surface area contributed by atoms with Gasteiger partial charge in [-0.05, 0) is 49.9 Å². The van der Waals surface area contributed by atoms with Gasteiger partial charge >= 0.3 is 5.97 Å². The number of fused-ring (bicyclic) bond motifs is 1. The molecule has 0 atom stereocenters. The molecule has 0 saturated heterocycles. The SMILES string of the molecule is COc1cc(-c2cn(C)c(=O)c3cnccc23)cc(OC)c1CNCC(=O)OC(C)(C)C. The highest BCUT2D eigenvalue weighted by Gasteiger charge is 2.18. The molecule has 0 fully saturated rings. The van der Waals surface area contributed by atoms with Crippen molar-refractivity contribution in [3.05, 3.63) is 52.7 Å². The fourth-order valence-electron chi connectivity index (χ4n) is 3.52. The minimum atomic E-state index is -0.538. The lowest BCUT2D eigenvalue weighted by atomic mass is 9.99. The van der Waals surface area contributed by atoms with Crippen LogP contribution in [0.15, 0.2) is 41.6 Å². The van der Waals surface area contributed by atoms with Crippen LogP contribution in [0.2, 0.25) is 0 Å². The molecule has 3 rings (SSSR count). The van der Waals surface area contributed by atoms with Gasteiger partial charge < -0.3 is 24.1 Å². The molecule has 0 amide bonds. The van der Waals surface area contributed by atoms with E-state index in [1.807, 2.05) is 39.0 Å². The number of aromatic nitrogens is 2. The number of hydrogen-bond acceptors (Lipinski definition) is 7. The van der Waals surface area contributed by atoms with Crippen molar-refractivity contribution >= 4 is 16.7 Å². The maximum atomic E-state index is 12.5. The molecule has 0 spiro atoms. The zero-order valence-corrected chi connectivity index (χ0v) is 19.3. The van der Waals surface area contributed by atoms with Gasteiger partial charge in [0.2, 0.25) is 0 Å². The smallest absolute Gasteiger partial charge is 0.320 e. The van der Waals surface area contributed by atoms with E-state index in [0.717, 1.165) is 22.1 Å². The lowest BCUT2D eigenvalue weighted by Crippen LogP contribution is -2.31. The number of carbonyl (C=O) groups excluding carboxylic acids is 1. The quantitative estimate of drug-likeness (QED) is 0.566. The maximum Gasteiger partial charge on any atom is 0.320 e. The van der Waals surface area contributed by atoms with Crippen LogP contribution in [0.4, 0.5) is 0 Å². The minimum Gasteiger partial charge on any atom is -0.496 e. The highest BCUT2D eigenvalue weighted by Crippen LogP contribution is 2.37. The summed E-state index contributed by atoms with van der Waals surface area (Å²) in [4.78, 5) is 28.6. The topological polar surface area (TPSA) is 91.7 Å². The van der Waals surface area contributed by atoms with E-state index < -0.39 is 5.60 Å². The van der Waals surface area contributed by atoms with Crippen LogP contribution in [0, 0.1) is 0 Å². The molecule has 2 aromatic heterocycles. The van der Waals surface area contributed by atoms with Gasteiger partial charge in [-0.15, -0.1) is 0 Å². The average molecular weight is 440 g/mol. The highest BCUT2D eigenvalue weighted by atomic mass is 16.6. The van der Waals surface area contributed by atoms with E-state index in [1.165, 1.54) is 4.57 Å². The normalized spacial score (nSPS) is 11.4. The molecule has 0 aliphatic heterocycles. The van der Waals surface area contributed by atoms with Crippen molar-refractivity contribution in [2.24, 2.45) is 7.05 Å². The number of nitrogens with zero attached hydrogens (tertiary/aromatic N) is 2. The van der Waals surface area contributed by atoms with Gasteiger partial charge in [0.1, 0.15) is 17.1 Å². The van der Waals surface area contributed by atoms with Gasteiger partial charge in [-0.25, -0.2) is 0 Å². The van der Waals surface area contributed by atoms with E-state index in [1.54, 1.807) is 39.9 Å². The van der Waals surface area contributed by atoms with Crippen LogP contribution < -0.4 is 20.3 Å². The second-order valence-electron chi connectivity index (χ2n) is 8.43. The molecule has 0 aliphatic carbocycles. The Bertz CT molecular complexity index is 1170. The van der Waals surface area contributed by atoms with Crippen molar-refractivity contribution in [3.8, 4) is 22.6 Å². The number of methoxy groups -OCH3 is 2. The van der Waals surface area contributed by atoms with Crippen LogP contribution in [0.5, 0.6) is 11.5 Å². The summed E-state index contributed by atoms with van der Waals surface area (Å²) in [5, 5.41) is 4.42. The number of esters is 1. The number of benzene rings is 1. The Balaban J connectivity index is 1.97. The molecule has 0 saturated carbocycles. The third-order valence-corrected chi connectivity index (χ3v) is 4.89. The molecular weight excluding hydrogens is 410 g/mol. The first-order chi connectivity index (χ1) is 15.1. The first-order valence-electron chi connectivity index (χ1n) is 10.3. The molecule has 3 aromatic rings. The molecule has 2 heterocycles. The summed E-state index contributed by atoms with van der Waals surface area (Å²) in [7, 11) is 4.87. The third-order valence-electron chi connectivity index (χ3n) is 4.89. The fourth-order valence-corrected chi connectivity index (χ4v) is 3.52. The van der Waals surface area contributed by atoms with Crippen LogP contribution in [0.3, 0.4) is 0 Å². The van der Waals surface area contributed by atoms with Crippen LogP contribution in [0.1, 0.15) is 26.3 Å². The van der Waals surface area contributed by atoms with Gasteiger partial charge in [-0.1, -0.05) is 0 Å². The summed E-state index contributed by atoms with van der Waals surface area (Å²) >= 11 is 0. The summed E-state index contributed by atoms with van der Waals surface area (Å²) in [5.74, 6) is 0.872. The monoisotopic (exact) mass is 439 g/mol. The van der Waals surface area contributed by atoms with Crippen molar-refractivity contribution in [1.82, 2.24) is 14.9 Å². The number of rotatable bonds is 7. The fraction of sp³-hybridized carbons (Fsp3) is 0.375. The van der Waals surface area contributed by atoms with E-state index >= 15 is 0 Å². The summed E-state index contributed by atoms with van der Waals surface area (Å²) in [6.45, 7) is 5.89. The van der Waals surface area contributed by atoms with E-state index in [4.69, 9.17) is 14.2 Å². The van der Waals surface area contributed by atoms with Crippen molar-refractivity contribution < 1.29 is 19.0 Å². The Hall–Kier alpha value is -3.39. The molecule has 8 nitrogen and oxygen atoms in total. The number of pyridine rings is 2. The molecule has 8 heteroatoms. The molecule has 1 N–H and O–H groups in total. The first-order valence-corrected chi connectivity index (χ1v) is 10.3. The van der Waals surface area contributed by atoms with E-state index in [0.29, 0.717) is 23.4 Å². The van der Waals surface area contributed by atoms with Crippen molar-refractivity contribution in [2.75, 3.05) is 20.8 Å². The Labute approximate surface area is 187 Å². The molecule has 0 unspecified atom stereocenters. The zero-order valence-electron chi connectivity index (χ0n) is 19.3. The van der Waals surface area contributed by atoms with Gasteiger partial charge in [0.05, 0.1) is 26.2 Å². The average Bonchev–Trinajstić information content (AvgIpc) is 2.75. The van der Waals surface area contributed by atoms with Crippen molar-refractivity contribution in [3.63, 3.8) is 0 Å². The Morgan fingerprint density at radius 2 is 1.78 bits per heavy atom. The molecular formula is C24H29N3O5. The Morgan fingerprint density at radius 1 is 1.12 bits per heavy atom. The van der Waals surface area contributed by atoms with Crippen molar-refractivity contribution in [1.29, 1.82) is 0 Å². The number of hydrogen-bond donors (Lipinski definition) is 1. The zero-order chi connectivity index (χ0) is 23.5. The lowest BCUT2D eigenvalue weighted by Gasteiger charge is -2.20. The van der Waals surface area contributed by atoms with E-state index in [-0.39, 0.29) is 18.1 Å². The number of aryl methyl sites for hydroxylation is 1. The maximum absolute atomic E-state index is 12.5. The summed E-state index contributed by atoms with van der Waals surface area (Å²) in [6.07, 6.45) is 5.03. The van der Waals surface area contributed by atoms with Gasteiger partial charge in [0, 0.05) is 43.3 Å². The molecule has 0 radical (unpaired) electrons. The van der Waals surface area contributed by atoms with Gasteiger partial charge in [-0.3, -0.25) is 14.6 Å². The van der Waals surface area contributed by atoms with Crippen LogP contribution in [-0.2, 0) is 23.1 Å². The number of ether oxygens (including phenoxy) is 3. The van der Waals surface area contributed by atoms with Gasteiger partial charge in [0.15, 0.2) is 0 Å². The van der Waals surface area contributed by atoms with Gasteiger partial charge in [0.25, 0.3) is 5.56 Å². The second-order valence-corrected chi connectivity index (χ2v) is 8.43. The van der Waals surface area contributed by atoms with Gasteiger partial charge in [-0.2, -0.15) is 0 Å². The highest BCUT2D eigenvalue weighted by molar-refractivity contribution is 5.95. The Morgan fingerprint density at radius 3 is 2.38 bits per heavy atom. The predicted molar refractivity (Wildman–Crippen MR) is 123 cm³/mol. The molecule has 1 aromatic carbocycles. The molecule has 170 valence electrons. The molecule has 32 heavy (non-hydrogen) atoms. The summed E-state index contributed by atoms with van der Waals surface area (Å²) < 4.78 is 18.1. The molecule has 0 aliphatic rings. The largest absolute Gasteiger partial charge is 0.496 e. The minimum absolute atomic E-state index is 0.0593. The van der Waals surface area contributed by atoms with Crippen LogP contribution in [0.25, 0.3) is 21.9 Å². The van der Waals surface area contributed by atoms with Crippen LogP contribution in [-0.4, -0.2) is 41.9 Å². The Kier molecular flexibility index (Phi) is 6.84. The number of carbonyl (C=O) groups is 1. The summed E-state index contributed by atoms with van der Waals surface area (Å²) in [5.41, 5.74) is 1.82. The van der Waals surface area contributed by atoms with Crippen LogP contribution >= 0.6 is 0 Å². The lowest BCUT2D eigenvalue weighted by molar-refractivity contribution is -0.153. The first kappa shape index (κ1) is 23.3. The van der Waals surface area contributed by atoms with E-state index in [9.17, 15) is 9.59 Å². The third kappa shape index (κ3) is 5.08. The standard InChI is InChI=1S/C24H29N3O5/c1-24(2,3)32-22(28)13-26-12-18-20(30-5)9-15(10-21(18)31-6)19-14-27(4)23(29)17-11-25-8-7-16(17)19/h7-11,14,26H,12-13H2,1-6H3. The number of nitrogens with one attached hydrogen (secondary N) is 1. The van der Waals surface area contributed by atoms with E-state index in [2.05, 4.69) is 10.3 Å². The summed E-state index contributed by atoms with van der Waals surface area (Å²) in [6, 6.07) is 5.61.